The van der Waals surface area contributed by atoms with Crippen LogP contribution in [0.25, 0.3) is 83.1 Å². The molecule has 0 saturated heterocycles. The number of hydrogen-bond donors (Lipinski definition) is 1. The molecule has 1 atom stereocenters. The molecule has 0 saturated carbocycles. The Balaban J connectivity index is 1.06. The predicted octanol–water partition coefficient (Wildman–Crippen LogP) is 9.78. The summed E-state index contributed by atoms with van der Waals surface area (Å²) < 4.78 is 2.19. The maximum absolute atomic E-state index is 5.16. The van der Waals surface area contributed by atoms with Crippen LogP contribution in [0, 0.1) is 0 Å². The first-order valence-electron chi connectivity index (χ1n) is 16.9. The first kappa shape index (κ1) is 29.0. The minimum Gasteiger partial charge on any atom is -0.379 e. The van der Waals surface area contributed by atoms with Gasteiger partial charge in [-0.15, -0.1) is 0 Å². The van der Waals surface area contributed by atoms with E-state index in [4.69, 9.17) is 15.0 Å². The summed E-state index contributed by atoms with van der Waals surface area (Å²) >= 11 is 0. The van der Waals surface area contributed by atoms with Gasteiger partial charge >= 0.3 is 0 Å². The minimum absolute atomic E-state index is 0.0539. The Kier molecular flexibility index (Phi) is 6.74. The number of aromatic nitrogens is 6. The van der Waals surface area contributed by atoms with E-state index < -0.39 is 0 Å². The van der Waals surface area contributed by atoms with Gasteiger partial charge in [0.2, 0.25) is 0 Å². The van der Waals surface area contributed by atoms with Crippen molar-refractivity contribution in [3.8, 4) is 39.5 Å². The summed E-state index contributed by atoms with van der Waals surface area (Å²) in [6, 6.07) is 39.9. The SMILES string of the molecule is C1=CNC(c2cc(-c3cccc(-c4ccc5c(ccc6ncccc65)n4)c3)cc(-c3ccc(-n4c5ccccc5c5cnccc54)nc3)n2)C=C1. The van der Waals surface area contributed by atoms with Crippen LogP contribution in [0.3, 0.4) is 0 Å². The average Bonchev–Trinajstić information content (AvgIpc) is 3.55. The number of hydrogen-bond acceptors (Lipinski definition) is 6. The maximum atomic E-state index is 5.16. The van der Waals surface area contributed by atoms with Crippen LogP contribution in [0.2, 0.25) is 0 Å². The number of dihydropyridines is 1. The van der Waals surface area contributed by atoms with Crippen LogP contribution in [-0.4, -0.2) is 29.5 Å². The molecule has 1 aliphatic heterocycles. The molecule has 1 aliphatic rings. The topological polar surface area (TPSA) is 81.4 Å². The third kappa shape index (κ3) is 5.02. The number of benzene rings is 3. The molecule has 0 radical (unpaired) electrons. The van der Waals surface area contributed by atoms with Gasteiger partial charge in [-0.25, -0.2) is 9.97 Å². The van der Waals surface area contributed by atoms with Crippen LogP contribution in [-0.2, 0) is 0 Å². The summed E-state index contributed by atoms with van der Waals surface area (Å²) in [4.78, 5) is 24.1. The minimum atomic E-state index is -0.0539. The molecule has 240 valence electrons. The lowest BCUT2D eigenvalue weighted by molar-refractivity contribution is 0.722. The molecule has 7 heterocycles. The van der Waals surface area contributed by atoms with Crippen molar-refractivity contribution in [3.63, 3.8) is 0 Å². The summed E-state index contributed by atoms with van der Waals surface area (Å²) in [6.45, 7) is 0. The molecule has 7 heteroatoms. The monoisotopic (exact) mass is 655 g/mol. The quantitative estimate of drug-likeness (QED) is 0.186. The van der Waals surface area contributed by atoms with Gasteiger partial charge < -0.3 is 5.32 Å². The van der Waals surface area contributed by atoms with Gasteiger partial charge in [-0.3, -0.25) is 19.5 Å². The van der Waals surface area contributed by atoms with E-state index >= 15 is 0 Å². The van der Waals surface area contributed by atoms with Gasteiger partial charge in [0, 0.05) is 57.5 Å². The van der Waals surface area contributed by atoms with Crippen LogP contribution in [0.1, 0.15) is 11.7 Å². The molecule has 7 nitrogen and oxygen atoms in total. The predicted molar refractivity (Wildman–Crippen MR) is 205 cm³/mol. The first-order chi connectivity index (χ1) is 25.3. The van der Waals surface area contributed by atoms with Crippen molar-refractivity contribution in [1.29, 1.82) is 0 Å². The van der Waals surface area contributed by atoms with Crippen molar-refractivity contribution in [2.45, 2.75) is 6.04 Å². The van der Waals surface area contributed by atoms with Crippen molar-refractivity contribution in [1.82, 2.24) is 34.8 Å². The number of allylic oxidation sites excluding steroid dienone is 2. The number of para-hydroxylation sites is 1. The molecule has 0 bridgehead atoms. The molecule has 1 N–H and O–H groups in total. The molecule has 51 heavy (non-hydrogen) atoms. The molecule has 9 aromatic rings. The lowest BCUT2D eigenvalue weighted by Gasteiger charge is -2.18. The highest BCUT2D eigenvalue weighted by Crippen LogP contribution is 2.34. The number of fused-ring (bicyclic) bond motifs is 6. The first-order valence-corrected chi connectivity index (χ1v) is 16.9. The Morgan fingerprint density at radius 2 is 1.41 bits per heavy atom. The van der Waals surface area contributed by atoms with E-state index in [-0.39, 0.29) is 6.04 Å². The second-order valence-electron chi connectivity index (χ2n) is 12.7. The largest absolute Gasteiger partial charge is 0.379 e. The summed E-state index contributed by atoms with van der Waals surface area (Å²) in [5.74, 6) is 0.842. The zero-order valence-electron chi connectivity index (χ0n) is 27.3. The van der Waals surface area contributed by atoms with Gasteiger partial charge in [-0.1, -0.05) is 54.6 Å². The third-order valence-corrected chi connectivity index (χ3v) is 9.64. The Labute approximate surface area is 293 Å². The van der Waals surface area contributed by atoms with Crippen LogP contribution in [0.5, 0.6) is 0 Å². The van der Waals surface area contributed by atoms with E-state index in [0.29, 0.717) is 0 Å². The highest BCUT2D eigenvalue weighted by molar-refractivity contribution is 6.08. The molecule has 1 unspecified atom stereocenters. The molecule has 0 spiro atoms. The van der Waals surface area contributed by atoms with Crippen LogP contribution in [0.4, 0.5) is 0 Å². The maximum Gasteiger partial charge on any atom is 0.137 e. The molecule has 10 rings (SSSR count). The van der Waals surface area contributed by atoms with E-state index in [1.165, 1.54) is 0 Å². The summed E-state index contributed by atoms with van der Waals surface area (Å²) in [5.41, 5.74) is 10.9. The summed E-state index contributed by atoms with van der Waals surface area (Å²) in [6.07, 6.45) is 15.6. The number of nitrogens with one attached hydrogen (secondary N) is 1. The van der Waals surface area contributed by atoms with Crippen molar-refractivity contribution in [3.05, 3.63) is 170 Å². The van der Waals surface area contributed by atoms with Gasteiger partial charge in [0.05, 0.1) is 45.2 Å². The molecule has 3 aromatic carbocycles. The Morgan fingerprint density at radius 3 is 2.33 bits per heavy atom. The second-order valence-corrected chi connectivity index (χ2v) is 12.7. The fourth-order valence-corrected chi connectivity index (χ4v) is 7.17. The van der Waals surface area contributed by atoms with Gasteiger partial charge in [0.15, 0.2) is 0 Å². The van der Waals surface area contributed by atoms with E-state index in [0.717, 1.165) is 88.8 Å². The van der Waals surface area contributed by atoms with Crippen molar-refractivity contribution in [2.75, 3.05) is 0 Å². The second kappa shape index (κ2) is 11.9. The molecular formula is C44H29N7. The zero-order valence-corrected chi connectivity index (χ0v) is 27.3. The third-order valence-electron chi connectivity index (χ3n) is 9.64. The molecular weight excluding hydrogens is 627 g/mol. The number of nitrogens with zero attached hydrogens (tertiary/aromatic N) is 6. The Hall–Kier alpha value is -6.99. The van der Waals surface area contributed by atoms with Gasteiger partial charge in [0.1, 0.15) is 5.82 Å². The molecule has 0 aliphatic carbocycles. The van der Waals surface area contributed by atoms with Gasteiger partial charge in [0.25, 0.3) is 0 Å². The Bertz CT molecular complexity index is 2800. The van der Waals surface area contributed by atoms with Crippen LogP contribution < -0.4 is 5.32 Å². The smallest absolute Gasteiger partial charge is 0.137 e. The van der Waals surface area contributed by atoms with Crippen molar-refractivity contribution in [2.24, 2.45) is 0 Å². The Morgan fingerprint density at radius 1 is 0.529 bits per heavy atom. The lowest BCUT2D eigenvalue weighted by Crippen LogP contribution is -2.16. The molecule has 0 amide bonds. The molecule has 6 aromatic heterocycles. The number of pyridine rings is 5. The van der Waals surface area contributed by atoms with E-state index in [9.17, 15) is 0 Å². The number of rotatable bonds is 5. The summed E-state index contributed by atoms with van der Waals surface area (Å²) in [5, 5.41) is 7.91. The standard InChI is InChI=1S/C44H29N7/c1-2-12-42-34(9-1)35-27-45-22-19-43(35)51(42)44-18-13-30(26-48-44)40-24-31(25-41(50-40)39-11-3-4-20-47-39)28-7-5-8-29(23-28)36-15-14-33-32-10-6-21-46-37(32)16-17-38(33)49-36/h1-27,39,47H. The normalized spacial score (nSPS) is 14.1. The highest BCUT2D eigenvalue weighted by Gasteiger charge is 2.17. The molecule has 0 fully saturated rings. The van der Waals surface area contributed by atoms with Crippen molar-refractivity contribution < 1.29 is 0 Å². The fraction of sp³-hybridized carbons (Fsp3) is 0.0227. The average molecular weight is 656 g/mol. The van der Waals surface area contributed by atoms with E-state index in [1.54, 1.807) is 0 Å². The van der Waals surface area contributed by atoms with Gasteiger partial charge in [-0.05, 0) is 96.2 Å². The summed E-state index contributed by atoms with van der Waals surface area (Å²) in [7, 11) is 0. The van der Waals surface area contributed by atoms with Gasteiger partial charge in [-0.2, -0.15) is 0 Å². The lowest BCUT2D eigenvalue weighted by atomic mass is 9.97. The fourth-order valence-electron chi connectivity index (χ4n) is 7.17. The van der Waals surface area contributed by atoms with Crippen LogP contribution >= 0.6 is 0 Å². The van der Waals surface area contributed by atoms with E-state index in [1.807, 2.05) is 55.3 Å². The van der Waals surface area contributed by atoms with E-state index in [2.05, 4.69) is 129 Å². The van der Waals surface area contributed by atoms with Crippen LogP contribution in [0.15, 0.2) is 164 Å². The zero-order chi connectivity index (χ0) is 33.7. The highest BCUT2D eigenvalue weighted by atomic mass is 15.1. The van der Waals surface area contributed by atoms with Crippen molar-refractivity contribution >= 4 is 43.6 Å².